The lowest BCUT2D eigenvalue weighted by atomic mass is 10.0. The molecule has 3 aromatic rings. The van der Waals surface area contributed by atoms with Gasteiger partial charge in [0.1, 0.15) is 17.8 Å². The summed E-state index contributed by atoms with van der Waals surface area (Å²) in [5.41, 5.74) is 3.20. The van der Waals surface area contributed by atoms with Crippen molar-refractivity contribution in [1.82, 2.24) is 9.97 Å². The Balaban J connectivity index is 1.79. The number of benzene rings is 2. The monoisotopic (exact) mass is 332 g/mol. The summed E-state index contributed by atoms with van der Waals surface area (Å²) in [4.78, 5) is 20.7. The molecule has 0 saturated carbocycles. The van der Waals surface area contributed by atoms with Crippen LogP contribution in [0.4, 0.5) is 17.2 Å². The summed E-state index contributed by atoms with van der Waals surface area (Å²) in [7, 11) is 0. The molecule has 0 aliphatic rings. The maximum atomic E-state index is 12.4. The lowest BCUT2D eigenvalue weighted by Gasteiger charge is -2.14. The van der Waals surface area contributed by atoms with Crippen LogP contribution in [0.2, 0.25) is 0 Å². The Morgan fingerprint density at radius 1 is 0.960 bits per heavy atom. The van der Waals surface area contributed by atoms with Gasteiger partial charge in [0.05, 0.1) is 0 Å². The molecule has 0 radical (unpaired) electrons. The van der Waals surface area contributed by atoms with Crippen LogP contribution in [0, 0.1) is 0 Å². The Kier molecular flexibility index (Phi) is 5.04. The summed E-state index contributed by atoms with van der Waals surface area (Å²) in [6.07, 6.45) is 1.39. The molecule has 5 nitrogen and oxygen atoms in total. The first-order chi connectivity index (χ1) is 12.1. The Morgan fingerprint density at radius 2 is 1.68 bits per heavy atom. The van der Waals surface area contributed by atoms with Crippen molar-refractivity contribution >= 4 is 23.1 Å². The summed E-state index contributed by atoms with van der Waals surface area (Å²) >= 11 is 0. The maximum absolute atomic E-state index is 12.4. The molecule has 0 spiro atoms. The highest BCUT2D eigenvalue weighted by Crippen LogP contribution is 2.26. The molecule has 0 aliphatic carbocycles. The third-order valence-corrected chi connectivity index (χ3v) is 3.78. The number of anilines is 3. The highest BCUT2D eigenvalue weighted by atomic mass is 16.1. The van der Waals surface area contributed by atoms with Gasteiger partial charge in [0, 0.05) is 17.4 Å². The zero-order valence-corrected chi connectivity index (χ0v) is 14.2. The minimum Gasteiger partial charge on any atom is -0.340 e. The average molecular weight is 332 g/mol. The number of carbonyl (C=O) groups excluding carboxylic acids is 1. The maximum Gasteiger partial charge on any atom is 0.274 e. The van der Waals surface area contributed by atoms with Crippen LogP contribution < -0.4 is 10.6 Å². The summed E-state index contributed by atoms with van der Waals surface area (Å²) in [5, 5.41) is 6.10. The summed E-state index contributed by atoms with van der Waals surface area (Å²) in [6.45, 7) is 4.28. The van der Waals surface area contributed by atoms with Gasteiger partial charge in [-0.2, -0.15) is 0 Å². The Hall–Kier alpha value is -3.21. The van der Waals surface area contributed by atoms with Crippen LogP contribution in [0.25, 0.3) is 0 Å². The first-order valence-corrected chi connectivity index (χ1v) is 8.18. The van der Waals surface area contributed by atoms with Crippen molar-refractivity contribution < 1.29 is 4.79 Å². The Bertz CT molecular complexity index is 862. The van der Waals surface area contributed by atoms with Crippen molar-refractivity contribution in [1.29, 1.82) is 0 Å². The number of nitrogens with one attached hydrogen (secondary N) is 2. The fourth-order valence-corrected chi connectivity index (χ4v) is 2.52. The second kappa shape index (κ2) is 7.57. The van der Waals surface area contributed by atoms with Crippen LogP contribution in [-0.4, -0.2) is 15.9 Å². The predicted molar refractivity (Wildman–Crippen MR) is 100 cm³/mol. The van der Waals surface area contributed by atoms with Crippen LogP contribution in [0.5, 0.6) is 0 Å². The second-order valence-corrected chi connectivity index (χ2v) is 5.98. The number of para-hydroxylation sites is 2. The summed E-state index contributed by atoms with van der Waals surface area (Å²) in [6, 6.07) is 19.0. The highest BCUT2D eigenvalue weighted by Gasteiger charge is 2.11. The van der Waals surface area contributed by atoms with Gasteiger partial charge in [-0.25, -0.2) is 9.97 Å². The molecular weight excluding hydrogens is 312 g/mol. The number of amides is 1. The van der Waals surface area contributed by atoms with Gasteiger partial charge >= 0.3 is 0 Å². The van der Waals surface area contributed by atoms with E-state index in [9.17, 15) is 4.79 Å². The zero-order chi connectivity index (χ0) is 17.6. The molecule has 0 aliphatic heterocycles. The quantitative estimate of drug-likeness (QED) is 0.717. The minimum absolute atomic E-state index is 0.270. The molecular formula is C20H20N4O. The topological polar surface area (TPSA) is 66.9 Å². The molecule has 0 fully saturated rings. The van der Waals surface area contributed by atoms with Crippen LogP contribution >= 0.6 is 0 Å². The normalized spacial score (nSPS) is 10.5. The van der Waals surface area contributed by atoms with E-state index in [1.54, 1.807) is 6.07 Å². The minimum atomic E-state index is -0.270. The van der Waals surface area contributed by atoms with Crippen LogP contribution in [0.15, 0.2) is 67.0 Å². The molecule has 0 saturated heterocycles. The van der Waals surface area contributed by atoms with Gasteiger partial charge in [-0.05, 0) is 29.7 Å². The molecule has 25 heavy (non-hydrogen) atoms. The van der Waals surface area contributed by atoms with E-state index in [1.165, 1.54) is 11.9 Å². The van der Waals surface area contributed by atoms with Gasteiger partial charge < -0.3 is 10.6 Å². The van der Waals surface area contributed by atoms with E-state index in [1.807, 2.05) is 48.5 Å². The number of hydrogen-bond acceptors (Lipinski definition) is 4. The number of aromatic nitrogens is 2. The number of carbonyl (C=O) groups is 1. The Labute approximate surface area is 147 Å². The van der Waals surface area contributed by atoms with Gasteiger partial charge in [0.2, 0.25) is 0 Å². The predicted octanol–water partition coefficient (Wildman–Crippen LogP) is 4.60. The Morgan fingerprint density at radius 3 is 2.44 bits per heavy atom. The zero-order valence-electron chi connectivity index (χ0n) is 14.2. The van der Waals surface area contributed by atoms with Crippen molar-refractivity contribution in [2.45, 2.75) is 19.8 Å². The number of nitrogens with zero attached hydrogens (tertiary/aromatic N) is 2. The third kappa shape index (κ3) is 4.20. The fraction of sp³-hybridized carbons (Fsp3) is 0.150. The second-order valence-electron chi connectivity index (χ2n) is 5.98. The van der Waals surface area contributed by atoms with Crippen LogP contribution in [0.1, 0.15) is 35.8 Å². The molecule has 0 bridgehead atoms. The summed E-state index contributed by atoms with van der Waals surface area (Å²) < 4.78 is 0. The lowest BCUT2D eigenvalue weighted by Crippen LogP contribution is -2.14. The molecule has 1 aromatic heterocycles. The molecule has 2 N–H and O–H groups in total. The van der Waals surface area contributed by atoms with Crippen molar-refractivity contribution in [3.8, 4) is 0 Å². The van der Waals surface area contributed by atoms with E-state index < -0.39 is 0 Å². The number of hydrogen-bond donors (Lipinski definition) is 2. The standard InChI is InChI=1S/C20H20N4O/c1-14(2)16-10-6-7-11-17(16)24-19-12-18(21-13-22-19)20(25)23-15-8-4-3-5-9-15/h3-14H,1-2H3,(H,23,25)(H,21,22,24). The van der Waals surface area contributed by atoms with Gasteiger partial charge in [-0.15, -0.1) is 0 Å². The van der Waals surface area contributed by atoms with E-state index >= 15 is 0 Å². The lowest BCUT2D eigenvalue weighted by molar-refractivity contribution is 0.102. The summed E-state index contributed by atoms with van der Waals surface area (Å²) in [5.74, 6) is 0.696. The molecule has 1 amide bonds. The smallest absolute Gasteiger partial charge is 0.274 e. The van der Waals surface area contributed by atoms with E-state index in [0.29, 0.717) is 17.4 Å². The average Bonchev–Trinajstić information content (AvgIpc) is 2.63. The molecule has 3 rings (SSSR count). The largest absolute Gasteiger partial charge is 0.340 e. The van der Waals surface area contributed by atoms with Gasteiger partial charge in [0.15, 0.2) is 0 Å². The van der Waals surface area contributed by atoms with E-state index in [-0.39, 0.29) is 5.91 Å². The van der Waals surface area contributed by atoms with E-state index in [0.717, 1.165) is 11.4 Å². The molecule has 5 heteroatoms. The molecule has 2 aromatic carbocycles. The number of rotatable bonds is 5. The van der Waals surface area contributed by atoms with Crippen molar-refractivity contribution in [3.63, 3.8) is 0 Å². The van der Waals surface area contributed by atoms with Gasteiger partial charge in [-0.3, -0.25) is 4.79 Å². The third-order valence-electron chi connectivity index (χ3n) is 3.78. The van der Waals surface area contributed by atoms with Crippen molar-refractivity contribution in [3.05, 3.63) is 78.2 Å². The molecule has 1 heterocycles. The molecule has 126 valence electrons. The van der Waals surface area contributed by atoms with Crippen molar-refractivity contribution in [2.75, 3.05) is 10.6 Å². The van der Waals surface area contributed by atoms with Gasteiger partial charge in [0.25, 0.3) is 5.91 Å². The first kappa shape index (κ1) is 16.6. The van der Waals surface area contributed by atoms with Crippen molar-refractivity contribution in [2.24, 2.45) is 0 Å². The first-order valence-electron chi connectivity index (χ1n) is 8.18. The molecule has 0 unspecified atom stereocenters. The van der Waals surface area contributed by atoms with E-state index in [2.05, 4.69) is 40.5 Å². The van der Waals surface area contributed by atoms with Crippen LogP contribution in [0.3, 0.4) is 0 Å². The molecule has 0 atom stereocenters. The highest BCUT2D eigenvalue weighted by molar-refractivity contribution is 6.03. The van der Waals surface area contributed by atoms with Crippen LogP contribution in [-0.2, 0) is 0 Å². The van der Waals surface area contributed by atoms with Gasteiger partial charge in [-0.1, -0.05) is 50.2 Å². The van der Waals surface area contributed by atoms with E-state index in [4.69, 9.17) is 0 Å². The SMILES string of the molecule is CC(C)c1ccccc1Nc1cc(C(=O)Nc2ccccc2)ncn1. The fourth-order valence-electron chi connectivity index (χ4n) is 2.52.